The van der Waals surface area contributed by atoms with Gasteiger partial charge in [-0.2, -0.15) is 0 Å². The molecule has 178 valence electrons. The van der Waals surface area contributed by atoms with Crippen LogP contribution in [0.1, 0.15) is 6.42 Å². The summed E-state index contributed by atoms with van der Waals surface area (Å²) in [6, 6.07) is 10.1. The van der Waals surface area contributed by atoms with E-state index in [0.29, 0.717) is 36.3 Å². The first kappa shape index (κ1) is 23.3. The van der Waals surface area contributed by atoms with E-state index < -0.39 is 10.7 Å². The molecule has 2 heterocycles. The van der Waals surface area contributed by atoms with E-state index in [0.717, 1.165) is 13.1 Å². The molecule has 3 aromatic rings. The fourth-order valence-corrected chi connectivity index (χ4v) is 3.79. The number of nitro groups is 1. The number of nitrogens with one attached hydrogen (secondary N) is 2. The number of nitro benzene ring substituents is 1. The molecule has 0 aliphatic carbocycles. The lowest BCUT2D eigenvalue weighted by Crippen LogP contribution is -2.38. The van der Waals surface area contributed by atoms with E-state index in [9.17, 15) is 24.1 Å². The Balaban J connectivity index is 1.36. The van der Waals surface area contributed by atoms with E-state index in [1.165, 1.54) is 30.3 Å². The van der Waals surface area contributed by atoms with Crippen LogP contribution in [0.3, 0.4) is 0 Å². The molecule has 11 heteroatoms. The summed E-state index contributed by atoms with van der Waals surface area (Å²) in [5.74, 6) is -1.29. The molecule has 2 aromatic carbocycles. The number of carbonyl (C=O) groups excluding carboxylic acids is 2. The van der Waals surface area contributed by atoms with Gasteiger partial charge < -0.3 is 19.9 Å². The minimum Gasteiger partial charge on any atom is -0.379 e. The number of benzene rings is 2. The molecule has 34 heavy (non-hydrogen) atoms. The van der Waals surface area contributed by atoms with Crippen molar-refractivity contribution in [3.8, 4) is 0 Å². The number of fused-ring (bicyclic) bond motifs is 1. The Hall–Kier alpha value is -3.83. The van der Waals surface area contributed by atoms with E-state index >= 15 is 0 Å². The Morgan fingerprint density at radius 1 is 1.06 bits per heavy atom. The van der Waals surface area contributed by atoms with Crippen molar-refractivity contribution in [3.63, 3.8) is 0 Å². The number of amides is 2. The first-order chi connectivity index (χ1) is 16.4. The number of ether oxygens (including phenoxy) is 1. The lowest BCUT2D eigenvalue weighted by Gasteiger charge is -2.26. The van der Waals surface area contributed by atoms with E-state index in [-0.39, 0.29) is 36.2 Å². The zero-order valence-electron chi connectivity index (χ0n) is 18.3. The molecule has 0 bridgehead atoms. The Kier molecular flexibility index (Phi) is 7.14. The molecule has 2 N–H and O–H groups in total. The SMILES string of the molecule is O=C(Cn1ccc2cc([N+](=O)[O-])ccc21)Nc1ccc(F)c(NC(=O)CCN2CCOCC2)c1. The number of rotatable bonds is 8. The summed E-state index contributed by atoms with van der Waals surface area (Å²) < 4.78 is 21.2. The van der Waals surface area contributed by atoms with Crippen LogP contribution in [0, 0.1) is 15.9 Å². The first-order valence-corrected chi connectivity index (χ1v) is 10.8. The highest BCUT2D eigenvalue weighted by Crippen LogP contribution is 2.23. The van der Waals surface area contributed by atoms with E-state index in [2.05, 4.69) is 15.5 Å². The molecule has 1 saturated heterocycles. The van der Waals surface area contributed by atoms with Crippen molar-refractivity contribution in [2.45, 2.75) is 13.0 Å². The molecular weight excluding hydrogens is 445 g/mol. The lowest BCUT2D eigenvalue weighted by atomic mass is 10.2. The number of aromatic nitrogens is 1. The highest BCUT2D eigenvalue weighted by atomic mass is 19.1. The van der Waals surface area contributed by atoms with Gasteiger partial charge in [0.25, 0.3) is 5.69 Å². The normalized spacial score (nSPS) is 14.1. The molecule has 0 atom stereocenters. The fraction of sp³-hybridized carbons (Fsp3) is 0.304. The minimum atomic E-state index is -0.601. The van der Waals surface area contributed by atoms with Crippen LogP contribution in [0.15, 0.2) is 48.7 Å². The van der Waals surface area contributed by atoms with Crippen LogP contribution in [-0.2, 0) is 20.9 Å². The molecule has 1 aliphatic heterocycles. The van der Waals surface area contributed by atoms with Crippen molar-refractivity contribution in [1.82, 2.24) is 9.47 Å². The predicted molar refractivity (Wildman–Crippen MR) is 124 cm³/mol. The monoisotopic (exact) mass is 469 g/mol. The summed E-state index contributed by atoms with van der Waals surface area (Å²) in [5, 5.41) is 16.8. The average molecular weight is 469 g/mol. The molecule has 1 fully saturated rings. The molecule has 1 aromatic heterocycles. The van der Waals surface area contributed by atoms with E-state index in [1.54, 1.807) is 22.9 Å². The third-order valence-corrected chi connectivity index (χ3v) is 5.56. The third kappa shape index (κ3) is 5.74. The number of carbonyl (C=O) groups is 2. The second kappa shape index (κ2) is 10.4. The number of hydrogen-bond donors (Lipinski definition) is 2. The van der Waals surface area contributed by atoms with Gasteiger partial charge in [-0.05, 0) is 30.3 Å². The fourth-order valence-electron chi connectivity index (χ4n) is 3.79. The van der Waals surface area contributed by atoms with Gasteiger partial charge in [-0.3, -0.25) is 24.6 Å². The van der Waals surface area contributed by atoms with Crippen LogP contribution in [0.4, 0.5) is 21.5 Å². The number of hydrogen-bond acceptors (Lipinski definition) is 6. The quantitative estimate of drug-likeness (QED) is 0.387. The smallest absolute Gasteiger partial charge is 0.270 e. The summed E-state index contributed by atoms with van der Waals surface area (Å²) in [4.78, 5) is 37.4. The highest BCUT2D eigenvalue weighted by molar-refractivity contribution is 5.95. The molecular formula is C23H24FN5O5. The molecule has 0 saturated carbocycles. The third-order valence-electron chi connectivity index (χ3n) is 5.56. The van der Waals surface area contributed by atoms with Gasteiger partial charge in [0.15, 0.2) is 0 Å². The summed E-state index contributed by atoms with van der Waals surface area (Å²) >= 11 is 0. The van der Waals surface area contributed by atoms with Crippen molar-refractivity contribution in [3.05, 3.63) is 64.6 Å². The van der Waals surface area contributed by atoms with Crippen LogP contribution in [0.2, 0.25) is 0 Å². The van der Waals surface area contributed by atoms with Crippen LogP contribution in [0.25, 0.3) is 10.9 Å². The maximum atomic E-state index is 14.2. The molecule has 0 unspecified atom stereocenters. The summed E-state index contributed by atoms with van der Waals surface area (Å²) in [6.07, 6.45) is 1.88. The van der Waals surface area contributed by atoms with Gasteiger partial charge in [-0.15, -0.1) is 0 Å². The van der Waals surface area contributed by atoms with Crippen molar-refractivity contribution < 1.29 is 23.6 Å². The van der Waals surface area contributed by atoms with Gasteiger partial charge in [-0.1, -0.05) is 0 Å². The lowest BCUT2D eigenvalue weighted by molar-refractivity contribution is -0.384. The minimum absolute atomic E-state index is 0.0106. The molecule has 10 nitrogen and oxygen atoms in total. The number of halogens is 1. The van der Waals surface area contributed by atoms with Gasteiger partial charge in [0.05, 0.1) is 23.8 Å². The molecule has 0 radical (unpaired) electrons. The van der Waals surface area contributed by atoms with Crippen LogP contribution in [0.5, 0.6) is 0 Å². The summed E-state index contributed by atoms with van der Waals surface area (Å²) in [6.45, 7) is 3.31. The van der Waals surface area contributed by atoms with Gasteiger partial charge in [0.1, 0.15) is 12.4 Å². The maximum Gasteiger partial charge on any atom is 0.270 e. The standard InChI is InChI=1S/C23H24FN5O5/c24-19-3-1-17(14-20(19)26-22(30)6-7-27-9-11-34-12-10-27)25-23(31)15-28-8-5-16-13-18(29(32)33)2-4-21(16)28/h1-5,8,13-14H,6-7,9-12,15H2,(H,25,31)(H,26,30). The summed E-state index contributed by atoms with van der Waals surface area (Å²) in [7, 11) is 0. The largest absolute Gasteiger partial charge is 0.379 e. The zero-order chi connectivity index (χ0) is 24.1. The van der Waals surface area contributed by atoms with Crippen molar-refractivity contribution in [2.75, 3.05) is 43.5 Å². The molecule has 2 amide bonds. The van der Waals surface area contributed by atoms with E-state index in [1.807, 2.05) is 0 Å². The van der Waals surface area contributed by atoms with Gasteiger partial charge in [0, 0.05) is 61.0 Å². The molecule has 4 rings (SSSR count). The second-order valence-corrected chi connectivity index (χ2v) is 7.94. The van der Waals surface area contributed by atoms with E-state index in [4.69, 9.17) is 4.74 Å². The number of morpholine rings is 1. The summed E-state index contributed by atoms with van der Waals surface area (Å²) in [5.41, 5.74) is 0.971. The van der Waals surface area contributed by atoms with Gasteiger partial charge in [0.2, 0.25) is 11.8 Å². The number of non-ortho nitro benzene ring substituents is 1. The van der Waals surface area contributed by atoms with Gasteiger partial charge in [-0.25, -0.2) is 4.39 Å². The van der Waals surface area contributed by atoms with Gasteiger partial charge >= 0.3 is 0 Å². The number of anilines is 2. The van der Waals surface area contributed by atoms with Crippen molar-refractivity contribution >= 4 is 39.8 Å². The number of nitrogens with zero attached hydrogens (tertiary/aromatic N) is 3. The maximum absolute atomic E-state index is 14.2. The Bertz CT molecular complexity index is 1220. The first-order valence-electron chi connectivity index (χ1n) is 10.8. The Morgan fingerprint density at radius 3 is 2.62 bits per heavy atom. The molecule has 1 aliphatic rings. The zero-order valence-corrected chi connectivity index (χ0v) is 18.3. The second-order valence-electron chi connectivity index (χ2n) is 7.94. The van der Waals surface area contributed by atoms with Crippen LogP contribution < -0.4 is 10.6 Å². The Labute approximate surface area is 194 Å². The topological polar surface area (TPSA) is 119 Å². The molecule has 0 spiro atoms. The van der Waals surface area contributed by atoms with Crippen LogP contribution >= 0.6 is 0 Å². The van der Waals surface area contributed by atoms with Crippen molar-refractivity contribution in [1.29, 1.82) is 0 Å². The Morgan fingerprint density at radius 2 is 1.85 bits per heavy atom. The van der Waals surface area contributed by atoms with Crippen LogP contribution in [-0.4, -0.2) is 59.1 Å². The predicted octanol–water partition coefficient (Wildman–Crippen LogP) is 2.99. The average Bonchev–Trinajstić information content (AvgIpc) is 3.22. The highest BCUT2D eigenvalue weighted by Gasteiger charge is 2.15. The van der Waals surface area contributed by atoms with Crippen molar-refractivity contribution in [2.24, 2.45) is 0 Å².